The van der Waals surface area contributed by atoms with Crippen molar-refractivity contribution < 1.29 is 9.90 Å². The second-order valence-electron chi connectivity index (χ2n) is 6.23. The van der Waals surface area contributed by atoms with Gasteiger partial charge in [-0.2, -0.15) is 5.10 Å². The number of hydrogen-bond acceptors (Lipinski definition) is 3. The molecule has 5 heteroatoms. The highest BCUT2D eigenvalue weighted by Crippen LogP contribution is 2.26. The van der Waals surface area contributed by atoms with Crippen molar-refractivity contribution in [2.45, 2.75) is 44.9 Å². The highest BCUT2D eigenvalue weighted by molar-refractivity contribution is 5.76. The largest absolute Gasteiger partial charge is 0.481 e. The number of carboxylic acid groups (broad SMARTS) is 1. The summed E-state index contributed by atoms with van der Waals surface area (Å²) < 4.78 is 0. The lowest BCUT2D eigenvalue weighted by atomic mass is 9.85. The molecule has 0 radical (unpaired) electrons. The molecule has 0 saturated heterocycles. The van der Waals surface area contributed by atoms with Gasteiger partial charge in [-0.05, 0) is 23.0 Å². The number of rotatable bonds is 5. The summed E-state index contributed by atoms with van der Waals surface area (Å²) >= 11 is 0. The van der Waals surface area contributed by atoms with E-state index in [1.165, 1.54) is 11.9 Å². The fourth-order valence-electron chi connectivity index (χ4n) is 2.28. The first-order chi connectivity index (χ1) is 9.88. The first kappa shape index (κ1) is 15.2. The van der Waals surface area contributed by atoms with Crippen molar-refractivity contribution in [1.82, 2.24) is 15.2 Å². The van der Waals surface area contributed by atoms with Gasteiger partial charge in [0, 0.05) is 6.42 Å². The van der Waals surface area contributed by atoms with Gasteiger partial charge in [0.1, 0.15) is 12.2 Å². The quantitative estimate of drug-likeness (QED) is 0.886. The molecule has 0 bridgehead atoms. The van der Waals surface area contributed by atoms with Crippen LogP contribution in [-0.4, -0.2) is 26.3 Å². The minimum Gasteiger partial charge on any atom is -0.481 e. The number of hydrogen-bond donors (Lipinski definition) is 2. The van der Waals surface area contributed by atoms with E-state index >= 15 is 0 Å². The molecule has 5 nitrogen and oxygen atoms in total. The second kappa shape index (κ2) is 6.08. The maximum atomic E-state index is 11.5. The molecule has 112 valence electrons. The van der Waals surface area contributed by atoms with E-state index < -0.39 is 11.9 Å². The topological polar surface area (TPSA) is 78.9 Å². The number of nitrogens with zero attached hydrogens (tertiary/aromatic N) is 2. The van der Waals surface area contributed by atoms with Gasteiger partial charge in [0.25, 0.3) is 0 Å². The van der Waals surface area contributed by atoms with Crippen molar-refractivity contribution in [3.8, 4) is 0 Å². The number of aryl methyl sites for hydroxylation is 1. The Hall–Kier alpha value is -2.17. The lowest BCUT2D eigenvalue weighted by molar-refractivity contribution is -0.138. The Labute approximate surface area is 124 Å². The Morgan fingerprint density at radius 2 is 1.95 bits per heavy atom. The van der Waals surface area contributed by atoms with E-state index in [-0.39, 0.29) is 5.41 Å². The molecule has 2 aromatic rings. The van der Waals surface area contributed by atoms with Crippen LogP contribution >= 0.6 is 0 Å². The zero-order chi connectivity index (χ0) is 15.5. The van der Waals surface area contributed by atoms with Gasteiger partial charge in [0.15, 0.2) is 0 Å². The summed E-state index contributed by atoms with van der Waals surface area (Å²) in [6.45, 7) is 6.42. The van der Waals surface area contributed by atoms with E-state index in [1.807, 2.05) is 24.3 Å². The molecule has 1 aromatic carbocycles. The first-order valence-corrected chi connectivity index (χ1v) is 7.05. The van der Waals surface area contributed by atoms with Crippen LogP contribution in [0.25, 0.3) is 0 Å². The Balaban J connectivity index is 2.12. The molecule has 0 aliphatic rings. The predicted octanol–water partition coefficient (Wildman–Crippen LogP) is 2.90. The van der Waals surface area contributed by atoms with Crippen molar-refractivity contribution in [3.63, 3.8) is 0 Å². The minimum absolute atomic E-state index is 0.0666. The maximum absolute atomic E-state index is 11.5. The molecule has 2 rings (SSSR count). The van der Waals surface area contributed by atoms with E-state index in [0.717, 1.165) is 5.56 Å². The molecule has 0 saturated carbocycles. The Kier molecular flexibility index (Phi) is 4.40. The monoisotopic (exact) mass is 287 g/mol. The number of aromatic nitrogens is 3. The third-order valence-corrected chi connectivity index (χ3v) is 3.61. The van der Waals surface area contributed by atoms with Crippen molar-refractivity contribution in [2.24, 2.45) is 0 Å². The summed E-state index contributed by atoms with van der Waals surface area (Å²) in [5.41, 5.74) is 2.09. The number of H-pyrrole nitrogens is 1. The van der Waals surface area contributed by atoms with Gasteiger partial charge >= 0.3 is 5.97 Å². The Morgan fingerprint density at radius 3 is 2.43 bits per heavy atom. The molecular formula is C16H21N3O2. The van der Waals surface area contributed by atoms with Gasteiger partial charge in [0.05, 0.1) is 5.92 Å². The van der Waals surface area contributed by atoms with Gasteiger partial charge in [-0.1, -0.05) is 45.0 Å². The van der Waals surface area contributed by atoms with Crippen LogP contribution in [0.4, 0.5) is 0 Å². The Bertz CT molecular complexity index is 583. The molecule has 0 aliphatic heterocycles. The van der Waals surface area contributed by atoms with Gasteiger partial charge in [-0.15, -0.1) is 0 Å². The molecule has 1 unspecified atom stereocenters. The van der Waals surface area contributed by atoms with Crippen molar-refractivity contribution >= 4 is 5.97 Å². The number of aromatic amines is 1. The second-order valence-corrected chi connectivity index (χ2v) is 6.23. The van der Waals surface area contributed by atoms with E-state index in [0.29, 0.717) is 18.7 Å². The molecule has 1 heterocycles. The summed E-state index contributed by atoms with van der Waals surface area (Å²) in [6, 6.07) is 7.86. The SMILES string of the molecule is CC(C)(C)c1ccc(C(CCc2ncn[nH]2)C(=O)O)cc1. The summed E-state index contributed by atoms with van der Waals surface area (Å²) in [5.74, 6) is -0.616. The van der Waals surface area contributed by atoms with Crippen LogP contribution in [0.1, 0.15) is 50.1 Å². The summed E-state index contributed by atoms with van der Waals surface area (Å²) in [7, 11) is 0. The molecule has 21 heavy (non-hydrogen) atoms. The van der Waals surface area contributed by atoms with Crippen molar-refractivity contribution in [2.75, 3.05) is 0 Å². The molecule has 1 aromatic heterocycles. The molecule has 1 atom stereocenters. The van der Waals surface area contributed by atoms with Gasteiger partial charge < -0.3 is 5.11 Å². The number of carbonyl (C=O) groups is 1. The lowest BCUT2D eigenvalue weighted by Crippen LogP contribution is -2.15. The van der Waals surface area contributed by atoms with E-state index in [9.17, 15) is 9.90 Å². The van der Waals surface area contributed by atoms with Crippen LogP contribution in [0.15, 0.2) is 30.6 Å². The highest BCUT2D eigenvalue weighted by atomic mass is 16.4. The van der Waals surface area contributed by atoms with Crippen LogP contribution in [0, 0.1) is 0 Å². The number of carboxylic acids is 1. The lowest BCUT2D eigenvalue weighted by Gasteiger charge is -2.20. The summed E-state index contributed by atoms with van der Waals surface area (Å²) in [6.07, 6.45) is 2.50. The molecule has 0 amide bonds. The van der Waals surface area contributed by atoms with Crippen LogP contribution in [-0.2, 0) is 16.6 Å². The minimum atomic E-state index is -0.807. The molecule has 0 spiro atoms. The van der Waals surface area contributed by atoms with Crippen molar-refractivity contribution in [3.05, 3.63) is 47.5 Å². The third kappa shape index (κ3) is 3.90. The Morgan fingerprint density at radius 1 is 1.29 bits per heavy atom. The zero-order valence-electron chi connectivity index (χ0n) is 12.6. The maximum Gasteiger partial charge on any atom is 0.310 e. The molecule has 0 fully saturated rings. The summed E-state index contributed by atoms with van der Waals surface area (Å²) in [4.78, 5) is 15.5. The number of aliphatic carboxylic acids is 1. The third-order valence-electron chi connectivity index (χ3n) is 3.61. The molecular weight excluding hydrogens is 266 g/mol. The fourth-order valence-corrected chi connectivity index (χ4v) is 2.28. The van der Waals surface area contributed by atoms with E-state index in [1.54, 1.807) is 0 Å². The number of nitrogens with one attached hydrogen (secondary N) is 1. The number of benzene rings is 1. The van der Waals surface area contributed by atoms with Gasteiger partial charge in [0.2, 0.25) is 0 Å². The van der Waals surface area contributed by atoms with Crippen LogP contribution in [0.2, 0.25) is 0 Å². The highest BCUT2D eigenvalue weighted by Gasteiger charge is 2.21. The normalized spacial score (nSPS) is 13.1. The average Bonchev–Trinajstić information content (AvgIpc) is 2.91. The van der Waals surface area contributed by atoms with E-state index in [4.69, 9.17) is 0 Å². The van der Waals surface area contributed by atoms with Crippen LogP contribution in [0.3, 0.4) is 0 Å². The molecule has 0 aliphatic carbocycles. The molecule has 2 N–H and O–H groups in total. The van der Waals surface area contributed by atoms with Crippen LogP contribution < -0.4 is 0 Å². The predicted molar refractivity (Wildman–Crippen MR) is 80.2 cm³/mol. The zero-order valence-corrected chi connectivity index (χ0v) is 12.6. The standard InChI is InChI=1S/C16H21N3O2/c1-16(2,3)12-6-4-11(5-7-12)13(15(20)21)8-9-14-17-10-18-19-14/h4-7,10,13H,8-9H2,1-3H3,(H,20,21)(H,17,18,19). The summed E-state index contributed by atoms with van der Waals surface area (Å²) in [5, 5.41) is 16.0. The van der Waals surface area contributed by atoms with Gasteiger partial charge in [-0.25, -0.2) is 4.98 Å². The van der Waals surface area contributed by atoms with Gasteiger partial charge in [-0.3, -0.25) is 9.89 Å². The van der Waals surface area contributed by atoms with Crippen LogP contribution in [0.5, 0.6) is 0 Å². The first-order valence-electron chi connectivity index (χ1n) is 7.05. The van der Waals surface area contributed by atoms with E-state index in [2.05, 4.69) is 36.0 Å². The fraction of sp³-hybridized carbons (Fsp3) is 0.438. The average molecular weight is 287 g/mol. The van der Waals surface area contributed by atoms with Crippen molar-refractivity contribution in [1.29, 1.82) is 0 Å². The smallest absolute Gasteiger partial charge is 0.310 e.